The molecule has 86 valence electrons. The number of hydrogen-bond acceptors (Lipinski definition) is 3. The molecule has 4 nitrogen and oxygen atoms in total. The molecule has 4 heteroatoms. The molecule has 1 heterocycles. The monoisotopic (exact) mass is 221 g/mol. The molecule has 1 aliphatic heterocycles. The van der Waals surface area contributed by atoms with Gasteiger partial charge in [-0.15, -0.1) is 0 Å². The Hall–Kier alpha value is -1.39. The van der Waals surface area contributed by atoms with Crippen molar-refractivity contribution in [2.24, 2.45) is 5.73 Å². The minimum absolute atomic E-state index is 0.378. The van der Waals surface area contributed by atoms with E-state index >= 15 is 0 Å². The topological polar surface area (TPSA) is 72.6 Å². The molecule has 1 unspecified atom stereocenters. The minimum Gasteiger partial charge on any atom is -0.480 e. The molecule has 0 aliphatic carbocycles. The molecule has 0 amide bonds. The Morgan fingerprint density at radius 3 is 2.38 bits per heavy atom. The molecule has 0 saturated carbocycles. The summed E-state index contributed by atoms with van der Waals surface area (Å²) < 4.78 is 5.15. The normalized spacial score (nSPS) is 19.9. The number of benzene rings is 1. The third kappa shape index (κ3) is 1.60. The fourth-order valence-electron chi connectivity index (χ4n) is 1.97. The van der Waals surface area contributed by atoms with Crippen LogP contribution in [0.2, 0.25) is 0 Å². The molecule has 1 atom stereocenters. The molecule has 2 rings (SSSR count). The molecule has 1 aromatic carbocycles. The average molecular weight is 221 g/mol. The van der Waals surface area contributed by atoms with Gasteiger partial charge in [-0.25, -0.2) is 0 Å². The quantitative estimate of drug-likeness (QED) is 0.787. The fraction of sp³-hybridized carbons (Fsp3) is 0.417. The van der Waals surface area contributed by atoms with Crippen molar-refractivity contribution < 1.29 is 14.6 Å². The summed E-state index contributed by atoms with van der Waals surface area (Å²) in [5, 5.41) is 9.02. The third-order valence-electron chi connectivity index (χ3n) is 3.21. The number of aliphatic carboxylic acids is 1. The highest BCUT2D eigenvalue weighted by atomic mass is 16.5. The van der Waals surface area contributed by atoms with Crippen LogP contribution in [0.1, 0.15) is 11.1 Å². The van der Waals surface area contributed by atoms with Gasteiger partial charge in [-0.3, -0.25) is 4.79 Å². The zero-order valence-electron chi connectivity index (χ0n) is 9.14. The first-order valence-corrected chi connectivity index (χ1v) is 5.19. The van der Waals surface area contributed by atoms with Gasteiger partial charge < -0.3 is 15.6 Å². The van der Waals surface area contributed by atoms with Gasteiger partial charge in [0.1, 0.15) is 6.04 Å². The van der Waals surface area contributed by atoms with Crippen molar-refractivity contribution in [1.82, 2.24) is 0 Å². The molecule has 0 bridgehead atoms. The van der Waals surface area contributed by atoms with Gasteiger partial charge in [0.15, 0.2) is 0 Å². The first-order valence-electron chi connectivity index (χ1n) is 5.19. The third-order valence-corrected chi connectivity index (χ3v) is 3.21. The van der Waals surface area contributed by atoms with Crippen molar-refractivity contribution in [3.8, 4) is 0 Å². The summed E-state index contributed by atoms with van der Waals surface area (Å²) in [7, 11) is 0. The Morgan fingerprint density at radius 2 is 2.00 bits per heavy atom. The van der Waals surface area contributed by atoms with Crippen LogP contribution in [0, 0.1) is 6.92 Å². The highest BCUT2D eigenvalue weighted by molar-refractivity contribution is 5.76. The first kappa shape index (κ1) is 11.1. The van der Waals surface area contributed by atoms with Gasteiger partial charge in [0.25, 0.3) is 0 Å². The van der Waals surface area contributed by atoms with Gasteiger partial charge in [0.2, 0.25) is 0 Å². The highest BCUT2D eigenvalue weighted by Crippen LogP contribution is 2.35. The zero-order chi connectivity index (χ0) is 11.8. The van der Waals surface area contributed by atoms with Gasteiger partial charge in [0, 0.05) is 0 Å². The number of ether oxygens (including phenoxy) is 1. The van der Waals surface area contributed by atoms with Crippen LogP contribution >= 0.6 is 0 Å². The average Bonchev–Trinajstić information content (AvgIpc) is 2.19. The summed E-state index contributed by atoms with van der Waals surface area (Å²) in [6.45, 7) is 2.75. The summed E-state index contributed by atoms with van der Waals surface area (Å²) >= 11 is 0. The van der Waals surface area contributed by atoms with E-state index in [-0.39, 0.29) is 0 Å². The highest BCUT2D eigenvalue weighted by Gasteiger charge is 2.48. The van der Waals surface area contributed by atoms with Crippen LogP contribution in [0.4, 0.5) is 0 Å². The van der Waals surface area contributed by atoms with Gasteiger partial charge >= 0.3 is 5.97 Å². The maximum atomic E-state index is 11.0. The molecule has 16 heavy (non-hydrogen) atoms. The van der Waals surface area contributed by atoms with Crippen LogP contribution in [0.25, 0.3) is 0 Å². The predicted octanol–water partition coefficient (Wildman–Crippen LogP) is 0.675. The van der Waals surface area contributed by atoms with E-state index in [0.717, 1.165) is 11.1 Å². The number of carboxylic acids is 1. The largest absolute Gasteiger partial charge is 0.480 e. The molecule has 1 aliphatic rings. The zero-order valence-corrected chi connectivity index (χ0v) is 9.14. The lowest BCUT2D eigenvalue weighted by Gasteiger charge is -2.44. The van der Waals surface area contributed by atoms with Crippen molar-refractivity contribution in [1.29, 1.82) is 0 Å². The number of carbonyl (C=O) groups is 1. The fourth-order valence-corrected chi connectivity index (χ4v) is 1.97. The number of rotatable bonds is 3. The molecule has 1 aromatic rings. The number of aryl methyl sites for hydroxylation is 1. The van der Waals surface area contributed by atoms with Crippen molar-refractivity contribution in [2.75, 3.05) is 13.2 Å². The molecule has 0 spiro atoms. The molecular weight excluding hydrogens is 206 g/mol. The van der Waals surface area contributed by atoms with Gasteiger partial charge in [0.05, 0.1) is 18.6 Å². The predicted molar refractivity (Wildman–Crippen MR) is 59.3 cm³/mol. The summed E-state index contributed by atoms with van der Waals surface area (Å²) in [6, 6.07) is 6.87. The SMILES string of the molecule is Cc1ccc(C2(C(N)C(=O)O)COC2)cc1. The lowest BCUT2D eigenvalue weighted by Crippen LogP contribution is -2.61. The van der Waals surface area contributed by atoms with E-state index in [1.165, 1.54) is 0 Å². The lowest BCUT2D eigenvalue weighted by atomic mass is 9.72. The van der Waals surface area contributed by atoms with E-state index < -0.39 is 17.4 Å². The molecule has 0 radical (unpaired) electrons. The molecular formula is C12H15NO3. The van der Waals surface area contributed by atoms with Crippen molar-refractivity contribution in [3.05, 3.63) is 35.4 Å². The van der Waals surface area contributed by atoms with E-state index in [0.29, 0.717) is 13.2 Å². The van der Waals surface area contributed by atoms with E-state index in [1.54, 1.807) is 0 Å². The van der Waals surface area contributed by atoms with Crippen LogP contribution in [0.5, 0.6) is 0 Å². The number of carboxylic acid groups (broad SMARTS) is 1. The second kappa shape index (κ2) is 3.88. The maximum absolute atomic E-state index is 11.0. The van der Waals surface area contributed by atoms with E-state index in [9.17, 15) is 4.79 Å². The second-order valence-electron chi connectivity index (χ2n) is 4.33. The summed E-state index contributed by atoms with van der Waals surface area (Å²) in [6.07, 6.45) is 0. The van der Waals surface area contributed by atoms with Gasteiger partial charge in [-0.1, -0.05) is 29.8 Å². The Morgan fingerprint density at radius 1 is 1.44 bits per heavy atom. The Labute approximate surface area is 94.0 Å². The molecule has 3 N–H and O–H groups in total. The summed E-state index contributed by atoms with van der Waals surface area (Å²) in [5.41, 5.74) is 7.28. The maximum Gasteiger partial charge on any atom is 0.321 e. The van der Waals surface area contributed by atoms with E-state index in [1.807, 2.05) is 31.2 Å². The summed E-state index contributed by atoms with van der Waals surface area (Å²) in [4.78, 5) is 11.0. The second-order valence-corrected chi connectivity index (χ2v) is 4.33. The molecule has 1 saturated heterocycles. The summed E-state index contributed by atoms with van der Waals surface area (Å²) in [5.74, 6) is -0.983. The van der Waals surface area contributed by atoms with E-state index in [4.69, 9.17) is 15.6 Å². The number of nitrogens with two attached hydrogens (primary N) is 1. The van der Waals surface area contributed by atoms with E-state index in [2.05, 4.69) is 0 Å². The van der Waals surface area contributed by atoms with Crippen molar-refractivity contribution in [2.45, 2.75) is 18.4 Å². The van der Waals surface area contributed by atoms with Crippen molar-refractivity contribution in [3.63, 3.8) is 0 Å². The molecule has 0 aromatic heterocycles. The van der Waals surface area contributed by atoms with Crippen LogP contribution in [-0.4, -0.2) is 30.3 Å². The standard InChI is InChI=1S/C12H15NO3/c1-8-2-4-9(5-3-8)12(6-16-7-12)10(13)11(14)15/h2-5,10H,6-7,13H2,1H3,(H,14,15). The minimum atomic E-state index is -0.983. The Balaban J connectivity index is 2.34. The first-order chi connectivity index (χ1) is 7.56. The van der Waals surface area contributed by atoms with Crippen LogP contribution in [0.3, 0.4) is 0 Å². The van der Waals surface area contributed by atoms with Gasteiger partial charge in [-0.2, -0.15) is 0 Å². The Bertz CT molecular complexity index is 395. The van der Waals surface area contributed by atoms with Crippen LogP contribution in [-0.2, 0) is 14.9 Å². The smallest absolute Gasteiger partial charge is 0.321 e. The lowest BCUT2D eigenvalue weighted by molar-refractivity contribution is -0.148. The van der Waals surface area contributed by atoms with Gasteiger partial charge in [-0.05, 0) is 12.5 Å². The van der Waals surface area contributed by atoms with Crippen LogP contribution in [0.15, 0.2) is 24.3 Å². The number of hydrogen-bond donors (Lipinski definition) is 2. The Kier molecular flexibility index (Phi) is 2.69. The van der Waals surface area contributed by atoms with Crippen LogP contribution < -0.4 is 5.73 Å². The van der Waals surface area contributed by atoms with Crippen molar-refractivity contribution >= 4 is 5.97 Å². The molecule has 1 fully saturated rings.